The van der Waals surface area contributed by atoms with Gasteiger partial charge in [0.1, 0.15) is 4.99 Å². The van der Waals surface area contributed by atoms with E-state index in [1.165, 1.54) is 6.26 Å². The fourth-order valence-corrected chi connectivity index (χ4v) is 2.03. The molecule has 0 spiro atoms. The largest absolute Gasteiger partial charge is 0.389 e. The predicted octanol–water partition coefficient (Wildman–Crippen LogP) is 0.865. The standard InChI is InChI=1S/C9H11NO2S2/c1-14(11,12)6-7-3-2-4-8(5-7)9(10)13/h2-5H,6H2,1H3,(H2,10,13). The molecule has 0 aromatic heterocycles. The molecule has 0 saturated heterocycles. The number of rotatable bonds is 3. The number of hydrogen-bond acceptors (Lipinski definition) is 3. The predicted molar refractivity (Wildman–Crippen MR) is 60.9 cm³/mol. The zero-order valence-corrected chi connectivity index (χ0v) is 9.36. The highest BCUT2D eigenvalue weighted by Gasteiger charge is 2.05. The highest BCUT2D eigenvalue weighted by atomic mass is 32.2. The van der Waals surface area contributed by atoms with Gasteiger partial charge in [-0.05, 0) is 11.6 Å². The van der Waals surface area contributed by atoms with Crippen LogP contribution in [0.5, 0.6) is 0 Å². The van der Waals surface area contributed by atoms with Crippen molar-refractivity contribution >= 4 is 27.0 Å². The molecule has 0 aliphatic carbocycles. The summed E-state index contributed by atoms with van der Waals surface area (Å²) in [5, 5.41) is 0. The summed E-state index contributed by atoms with van der Waals surface area (Å²) in [5.74, 6) is 0.0173. The summed E-state index contributed by atoms with van der Waals surface area (Å²) in [6.45, 7) is 0. The third-order valence-corrected chi connectivity index (χ3v) is 2.73. The molecule has 0 heterocycles. The third kappa shape index (κ3) is 3.43. The third-order valence-electron chi connectivity index (χ3n) is 1.64. The molecule has 0 bridgehead atoms. The average Bonchev–Trinajstić information content (AvgIpc) is 2.01. The first-order chi connectivity index (χ1) is 6.38. The molecule has 0 radical (unpaired) electrons. The van der Waals surface area contributed by atoms with Gasteiger partial charge in [-0.15, -0.1) is 0 Å². The molecule has 1 aromatic carbocycles. The normalized spacial score (nSPS) is 11.2. The van der Waals surface area contributed by atoms with Gasteiger partial charge in [0.15, 0.2) is 9.84 Å². The summed E-state index contributed by atoms with van der Waals surface area (Å²) < 4.78 is 22.0. The minimum atomic E-state index is -3.00. The second kappa shape index (κ2) is 4.06. The second-order valence-electron chi connectivity index (χ2n) is 3.13. The number of nitrogens with two attached hydrogens (primary N) is 1. The summed E-state index contributed by atoms with van der Waals surface area (Å²) >= 11 is 4.79. The van der Waals surface area contributed by atoms with Crippen LogP contribution >= 0.6 is 12.2 Å². The van der Waals surface area contributed by atoms with Crippen molar-refractivity contribution in [2.75, 3.05) is 6.26 Å². The molecule has 0 aliphatic heterocycles. The summed E-state index contributed by atoms with van der Waals surface area (Å²) in [6, 6.07) is 6.94. The number of thiocarbonyl (C=S) groups is 1. The molecule has 0 saturated carbocycles. The van der Waals surface area contributed by atoms with E-state index in [0.717, 1.165) is 0 Å². The molecule has 0 atom stereocenters. The number of sulfone groups is 1. The number of benzene rings is 1. The molecule has 1 rings (SSSR count). The van der Waals surface area contributed by atoms with Gasteiger partial charge in [0.2, 0.25) is 0 Å². The van der Waals surface area contributed by atoms with Crippen LogP contribution in [0.1, 0.15) is 11.1 Å². The number of hydrogen-bond donors (Lipinski definition) is 1. The average molecular weight is 229 g/mol. The van der Waals surface area contributed by atoms with Gasteiger partial charge in [-0.2, -0.15) is 0 Å². The van der Waals surface area contributed by atoms with Crippen molar-refractivity contribution in [2.24, 2.45) is 5.73 Å². The molecule has 0 unspecified atom stereocenters. The second-order valence-corrected chi connectivity index (χ2v) is 5.71. The summed E-state index contributed by atoms with van der Waals surface area (Å²) in [4.78, 5) is 0.278. The van der Waals surface area contributed by atoms with Gasteiger partial charge in [0.25, 0.3) is 0 Å². The van der Waals surface area contributed by atoms with E-state index in [1.807, 2.05) is 0 Å². The summed E-state index contributed by atoms with van der Waals surface area (Å²) in [5.41, 5.74) is 6.83. The van der Waals surface area contributed by atoms with E-state index in [-0.39, 0.29) is 10.7 Å². The van der Waals surface area contributed by atoms with E-state index in [0.29, 0.717) is 11.1 Å². The molecule has 3 nitrogen and oxygen atoms in total. The lowest BCUT2D eigenvalue weighted by Crippen LogP contribution is -2.10. The Hall–Kier alpha value is -0.940. The highest BCUT2D eigenvalue weighted by molar-refractivity contribution is 7.89. The zero-order chi connectivity index (χ0) is 10.8. The Labute approximate surface area is 88.9 Å². The van der Waals surface area contributed by atoms with Crippen LogP contribution in [0.2, 0.25) is 0 Å². The van der Waals surface area contributed by atoms with E-state index < -0.39 is 9.84 Å². The van der Waals surface area contributed by atoms with Crippen molar-refractivity contribution < 1.29 is 8.42 Å². The lowest BCUT2D eigenvalue weighted by Gasteiger charge is -2.02. The molecule has 0 fully saturated rings. The van der Waals surface area contributed by atoms with Crippen LogP contribution in [-0.4, -0.2) is 19.7 Å². The Morgan fingerprint density at radius 3 is 2.64 bits per heavy atom. The minimum Gasteiger partial charge on any atom is -0.389 e. The topological polar surface area (TPSA) is 60.2 Å². The van der Waals surface area contributed by atoms with Crippen molar-refractivity contribution in [1.82, 2.24) is 0 Å². The van der Waals surface area contributed by atoms with Crippen LogP contribution in [-0.2, 0) is 15.6 Å². The van der Waals surface area contributed by atoms with Gasteiger partial charge >= 0.3 is 0 Å². The first kappa shape index (κ1) is 11.1. The monoisotopic (exact) mass is 229 g/mol. The van der Waals surface area contributed by atoms with Crippen molar-refractivity contribution in [1.29, 1.82) is 0 Å². The maximum atomic E-state index is 11.0. The smallest absolute Gasteiger partial charge is 0.151 e. The maximum absolute atomic E-state index is 11.0. The van der Waals surface area contributed by atoms with Gasteiger partial charge in [-0.3, -0.25) is 0 Å². The van der Waals surface area contributed by atoms with Crippen molar-refractivity contribution in [3.8, 4) is 0 Å². The van der Waals surface area contributed by atoms with Crippen molar-refractivity contribution in [3.05, 3.63) is 35.4 Å². The molecular formula is C9H11NO2S2. The summed E-state index contributed by atoms with van der Waals surface area (Å²) in [6.07, 6.45) is 1.19. The van der Waals surface area contributed by atoms with E-state index in [9.17, 15) is 8.42 Å². The van der Waals surface area contributed by atoms with Gasteiger partial charge in [-0.25, -0.2) is 8.42 Å². The van der Waals surface area contributed by atoms with Crippen LogP contribution in [0.25, 0.3) is 0 Å². The van der Waals surface area contributed by atoms with Crippen LogP contribution in [0, 0.1) is 0 Å². The van der Waals surface area contributed by atoms with Crippen molar-refractivity contribution in [3.63, 3.8) is 0 Å². The van der Waals surface area contributed by atoms with Gasteiger partial charge < -0.3 is 5.73 Å². The highest BCUT2D eigenvalue weighted by Crippen LogP contribution is 2.08. The first-order valence-corrected chi connectivity index (χ1v) is 6.42. The zero-order valence-electron chi connectivity index (χ0n) is 7.73. The molecular weight excluding hydrogens is 218 g/mol. The Balaban J connectivity index is 3.01. The van der Waals surface area contributed by atoms with E-state index in [4.69, 9.17) is 18.0 Å². The molecule has 0 aliphatic rings. The molecule has 5 heteroatoms. The van der Waals surface area contributed by atoms with Gasteiger partial charge in [0, 0.05) is 11.8 Å². The lowest BCUT2D eigenvalue weighted by atomic mass is 10.1. The molecule has 0 amide bonds. The van der Waals surface area contributed by atoms with Crippen LogP contribution in [0.15, 0.2) is 24.3 Å². The Bertz CT molecular complexity index is 452. The SMILES string of the molecule is CS(=O)(=O)Cc1cccc(C(N)=S)c1. The maximum Gasteiger partial charge on any atom is 0.151 e. The van der Waals surface area contributed by atoms with Crippen LogP contribution in [0.4, 0.5) is 0 Å². The summed E-state index contributed by atoms with van der Waals surface area (Å²) in [7, 11) is -3.00. The van der Waals surface area contributed by atoms with Gasteiger partial charge in [0.05, 0.1) is 5.75 Å². The quantitative estimate of drug-likeness (QED) is 0.781. The van der Waals surface area contributed by atoms with Crippen LogP contribution in [0.3, 0.4) is 0 Å². The van der Waals surface area contributed by atoms with E-state index in [2.05, 4.69) is 0 Å². The van der Waals surface area contributed by atoms with Gasteiger partial charge in [-0.1, -0.05) is 30.4 Å². The van der Waals surface area contributed by atoms with E-state index >= 15 is 0 Å². The Kier molecular flexibility index (Phi) is 3.23. The fourth-order valence-electron chi connectivity index (χ4n) is 1.12. The van der Waals surface area contributed by atoms with E-state index in [1.54, 1.807) is 24.3 Å². The Morgan fingerprint density at radius 1 is 1.50 bits per heavy atom. The van der Waals surface area contributed by atoms with Crippen LogP contribution < -0.4 is 5.73 Å². The fraction of sp³-hybridized carbons (Fsp3) is 0.222. The molecule has 1 aromatic rings. The Morgan fingerprint density at radius 2 is 2.14 bits per heavy atom. The minimum absolute atomic E-state index is 0.0173. The molecule has 14 heavy (non-hydrogen) atoms. The van der Waals surface area contributed by atoms with Crippen molar-refractivity contribution in [2.45, 2.75) is 5.75 Å². The molecule has 76 valence electrons. The lowest BCUT2D eigenvalue weighted by molar-refractivity contribution is 0.601. The first-order valence-electron chi connectivity index (χ1n) is 3.95. The molecule has 2 N–H and O–H groups in total.